The van der Waals surface area contributed by atoms with Crippen LogP contribution < -0.4 is 5.43 Å². The van der Waals surface area contributed by atoms with E-state index in [0.29, 0.717) is 12.4 Å². The number of hydrogen-bond donors (Lipinski definition) is 3. The number of halogens is 1. The fourth-order valence-corrected chi connectivity index (χ4v) is 4.48. The van der Waals surface area contributed by atoms with Gasteiger partial charge < -0.3 is 19.5 Å². The molecule has 32 heavy (non-hydrogen) atoms. The van der Waals surface area contributed by atoms with Gasteiger partial charge in [-0.05, 0) is 43.7 Å². The lowest BCUT2D eigenvalue weighted by Gasteiger charge is -2.26. The van der Waals surface area contributed by atoms with E-state index in [-0.39, 0.29) is 5.82 Å². The van der Waals surface area contributed by atoms with Gasteiger partial charge in [0.2, 0.25) is 0 Å². The number of nitrogens with zero attached hydrogens (tertiary/aromatic N) is 3. The van der Waals surface area contributed by atoms with E-state index < -0.39 is 24.5 Å². The first kappa shape index (κ1) is 20.7. The molecule has 5 rings (SSSR count). The Kier molecular flexibility index (Phi) is 5.21. The number of hydrogen-bond acceptors (Lipinski definition) is 6. The molecule has 0 radical (unpaired) electrons. The van der Waals surface area contributed by atoms with Crippen LogP contribution in [-0.4, -0.2) is 44.4 Å². The summed E-state index contributed by atoms with van der Waals surface area (Å²) in [5.74, 6) is 0.389. The second kappa shape index (κ2) is 8.05. The number of benzene rings is 2. The smallest absolute Gasteiger partial charge is 0.164 e. The molecule has 0 spiro atoms. The zero-order valence-corrected chi connectivity index (χ0v) is 17.8. The normalized spacial score (nSPS) is 24.6. The highest BCUT2D eigenvalue weighted by Crippen LogP contribution is 2.44. The molecule has 8 heteroatoms. The first-order chi connectivity index (χ1) is 15.4. The minimum absolute atomic E-state index is 0.296. The summed E-state index contributed by atoms with van der Waals surface area (Å²) in [4.78, 5) is 4.68. The first-order valence-corrected chi connectivity index (χ1v) is 10.6. The molecule has 3 heterocycles. The van der Waals surface area contributed by atoms with Gasteiger partial charge in [0.15, 0.2) is 6.23 Å². The molecule has 166 valence electrons. The summed E-state index contributed by atoms with van der Waals surface area (Å²) in [5, 5.41) is 22.8. The van der Waals surface area contributed by atoms with E-state index in [1.54, 1.807) is 25.4 Å². The maximum atomic E-state index is 13.3. The van der Waals surface area contributed by atoms with Crippen LogP contribution in [0.2, 0.25) is 0 Å². The van der Waals surface area contributed by atoms with Crippen LogP contribution in [-0.2, 0) is 11.3 Å². The Morgan fingerprint density at radius 1 is 1.06 bits per heavy atom. The summed E-state index contributed by atoms with van der Waals surface area (Å²) in [6, 6.07) is 16.1. The zero-order chi connectivity index (χ0) is 22.4. The van der Waals surface area contributed by atoms with Crippen molar-refractivity contribution in [1.29, 1.82) is 0 Å². The number of aliphatic imine (C=N–C) groups is 1. The molecule has 2 aliphatic heterocycles. The van der Waals surface area contributed by atoms with Gasteiger partial charge in [0.05, 0.1) is 18.3 Å². The average Bonchev–Trinajstić information content (AvgIpc) is 3.22. The second-order valence-corrected chi connectivity index (χ2v) is 8.20. The van der Waals surface area contributed by atoms with Crippen LogP contribution >= 0.6 is 0 Å². The summed E-state index contributed by atoms with van der Waals surface area (Å²) in [6.07, 6.45) is -1.59. The largest absolute Gasteiger partial charge is 0.388 e. The molecule has 3 aromatic rings. The summed E-state index contributed by atoms with van der Waals surface area (Å²) in [7, 11) is 0. The number of ether oxygens (including phenoxy) is 1. The lowest BCUT2D eigenvalue weighted by molar-refractivity contribution is -0.0319. The Morgan fingerprint density at radius 3 is 2.44 bits per heavy atom. The number of aliphatic hydroxyl groups is 2. The first-order valence-electron chi connectivity index (χ1n) is 10.6. The molecule has 0 amide bonds. The lowest BCUT2D eigenvalue weighted by Crippen LogP contribution is -2.31. The average molecular weight is 436 g/mol. The van der Waals surface area contributed by atoms with Crippen LogP contribution in [0.4, 0.5) is 15.9 Å². The third-order valence-electron chi connectivity index (χ3n) is 6.08. The van der Waals surface area contributed by atoms with Crippen LogP contribution in [0.25, 0.3) is 11.1 Å². The number of fused-ring (bicyclic) bond motifs is 1. The maximum Gasteiger partial charge on any atom is 0.164 e. The standard InChI is InChI=1S/C24H25FN4O3/c1-14-20(16-6-4-3-5-7-16)19-12-28(27-18-10-8-17(25)9-11-18)13-26-23(19)29(14)24-22(31)21(30)15(2)32-24/h3-11,13,15,21-22,24,27,30-31H,12H2,1-2H3/t15-,21-,22-,24-/m1/s1. The predicted octanol–water partition coefficient (Wildman–Crippen LogP) is 3.74. The van der Waals surface area contributed by atoms with E-state index in [9.17, 15) is 14.6 Å². The number of rotatable bonds is 4. The van der Waals surface area contributed by atoms with Crippen LogP contribution in [0.1, 0.15) is 24.4 Å². The quantitative estimate of drug-likeness (QED) is 0.580. The minimum Gasteiger partial charge on any atom is -0.388 e. The molecule has 2 aliphatic rings. The van der Waals surface area contributed by atoms with Gasteiger partial charge in [0.1, 0.15) is 30.2 Å². The van der Waals surface area contributed by atoms with Crippen molar-refractivity contribution >= 4 is 17.8 Å². The molecule has 1 fully saturated rings. The summed E-state index contributed by atoms with van der Waals surface area (Å²) in [5.41, 5.74) is 7.88. The minimum atomic E-state index is -1.06. The van der Waals surface area contributed by atoms with Crippen molar-refractivity contribution in [3.8, 4) is 11.1 Å². The van der Waals surface area contributed by atoms with Crippen molar-refractivity contribution in [3.05, 3.63) is 71.7 Å². The molecule has 0 saturated carbocycles. The van der Waals surface area contributed by atoms with Gasteiger partial charge in [0, 0.05) is 16.8 Å². The van der Waals surface area contributed by atoms with Crippen LogP contribution in [0.15, 0.2) is 59.6 Å². The van der Waals surface area contributed by atoms with Crippen LogP contribution in [0, 0.1) is 12.7 Å². The van der Waals surface area contributed by atoms with E-state index in [1.165, 1.54) is 12.1 Å². The highest BCUT2D eigenvalue weighted by molar-refractivity contribution is 5.80. The maximum absolute atomic E-state index is 13.3. The van der Waals surface area contributed by atoms with Crippen molar-refractivity contribution in [1.82, 2.24) is 9.58 Å². The molecular weight excluding hydrogens is 411 g/mol. The fourth-order valence-electron chi connectivity index (χ4n) is 4.48. The molecule has 3 N–H and O–H groups in total. The van der Waals surface area contributed by atoms with Gasteiger partial charge in [-0.2, -0.15) is 0 Å². The van der Waals surface area contributed by atoms with Crippen molar-refractivity contribution in [2.45, 2.75) is 44.9 Å². The van der Waals surface area contributed by atoms with Gasteiger partial charge in [-0.3, -0.25) is 10.4 Å². The molecule has 0 unspecified atom stereocenters. The van der Waals surface area contributed by atoms with Crippen molar-refractivity contribution in [3.63, 3.8) is 0 Å². The second-order valence-electron chi connectivity index (χ2n) is 8.20. The number of hydrazine groups is 1. The number of anilines is 1. The van der Waals surface area contributed by atoms with Crippen LogP contribution in [0.3, 0.4) is 0 Å². The van der Waals surface area contributed by atoms with E-state index in [4.69, 9.17) is 4.74 Å². The molecule has 2 aromatic carbocycles. The fraction of sp³-hybridized carbons (Fsp3) is 0.292. The third-order valence-corrected chi connectivity index (χ3v) is 6.08. The molecule has 0 aliphatic carbocycles. The van der Waals surface area contributed by atoms with E-state index in [2.05, 4.69) is 10.4 Å². The third kappa shape index (κ3) is 3.46. The van der Waals surface area contributed by atoms with Gasteiger partial charge in [0.25, 0.3) is 0 Å². The summed E-state index contributed by atoms with van der Waals surface area (Å²) < 4.78 is 21.1. The van der Waals surface area contributed by atoms with E-state index >= 15 is 0 Å². The topological polar surface area (TPSA) is 82.2 Å². The molecular formula is C24H25FN4O3. The van der Waals surface area contributed by atoms with Crippen molar-refractivity contribution in [2.75, 3.05) is 5.43 Å². The predicted molar refractivity (Wildman–Crippen MR) is 120 cm³/mol. The molecule has 0 bridgehead atoms. The van der Waals surface area contributed by atoms with Gasteiger partial charge >= 0.3 is 0 Å². The molecule has 7 nitrogen and oxygen atoms in total. The highest BCUT2D eigenvalue weighted by Gasteiger charge is 2.43. The number of aromatic nitrogens is 1. The number of nitrogens with one attached hydrogen (secondary N) is 1. The van der Waals surface area contributed by atoms with Gasteiger partial charge in [-0.1, -0.05) is 30.3 Å². The zero-order valence-electron chi connectivity index (χ0n) is 17.8. The van der Waals surface area contributed by atoms with E-state index in [1.807, 2.05) is 46.8 Å². The molecule has 4 atom stereocenters. The summed E-state index contributed by atoms with van der Waals surface area (Å²) in [6.45, 7) is 4.21. The van der Waals surface area contributed by atoms with E-state index in [0.717, 1.165) is 28.1 Å². The Labute approximate surface area is 185 Å². The Bertz CT molecular complexity index is 1150. The van der Waals surface area contributed by atoms with Gasteiger partial charge in [-0.15, -0.1) is 0 Å². The van der Waals surface area contributed by atoms with Crippen molar-refractivity contribution in [2.24, 2.45) is 4.99 Å². The SMILES string of the molecule is Cc1c(-c2ccccc2)c2c(n1[C@@H]1O[C@H](C)[C@@H](O)[C@H]1O)N=CN(Nc1ccc(F)cc1)C2. The Hall–Kier alpha value is -3.20. The monoisotopic (exact) mass is 436 g/mol. The van der Waals surface area contributed by atoms with Crippen LogP contribution in [0.5, 0.6) is 0 Å². The Balaban J connectivity index is 1.57. The summed E-state index contributed by atoms with van der Waals surface area (Å²) >= 11 is 0. The molecule has 1 aromatic heterocycles. The lowest BCUT2D eigenvalue weighted by atomic mass is 10.0. The Morgan fingerprint density at radius 2 is 1.78 bits per heavy atom. The van der Waals surface area contributed by atoms with Gasteiger partial charge in [-0.25, -0.2) is 9.38 Å². The highest BCUT2D eigenvalue weighted by atomic mass is 19.1. The molecule has 1 saturated heterocycles. The van der Waals surface area contributed by atoms with Crippen molar-refractivity contribution < 1.29 is 19.3 Å². The number of aliphatic hydroxyl groups excluding tert-OH is 2.